The summed E-state index contributed by atoms with van der Waals surface area (Å²) in [6.07, 6.45) is 4.49. The van der Waals surface area contributed by atoms with Crippen LogP contribution in [0.2, 0.25) is 36.3 Å². The van der Waals surface area contributed by atoms with Crippen molar-refractivity contribution in [2.75, 3.05) is 6.61 Å². The summed E-state index contributed by atoms with van der Waals surface area (Å²) in [4.78, 5) is 24.3. The average Bonchev–Trinajstić information content (AvgIpc) is 3.18. The highest BCUT2D eigenvalue weighted by Crippen LogP contribution is 2.43. The number of allylic oxidation sites excluding steroid dienone is 2. The quantitative estimate of drug-likeness (QED) is 0.113. The second-order valence-electron chi connectivity index (χ2n) is 15.4. The monoisotopic (exact) mass is 684 g/mol. The van der Waals surface area contributed by atoms with Crippen LogP contribution in [0.3, 0.4) is 0 Å². The fraction of sp³-hybridized carbons (Fsp3) is 0.657. The minimum absolute atomic E-state index is 0.00684. The Bertz CT molecular complexity index is 1230. The summed E-state index contributed by atoms with van der Waals surface area (Å²) in [6.45, 7) is 21.4. The number of ketones is 1. The first kappa shape index (κ1) is 40.0. The van der Waals surface area contributed by atoms with Gasteiger partial charge in [0.25, 0.3) is 0 Å². The number of Topliss-reactive ketones (excluding diaryl/α,β-unsaturated/α-hetero) is 1. The van der Waals surface area contributed by atoms with Crippen molar-refractivity contribution in [3.05, 3.63) is 54.1 Å². The lowest BCUT2D eigenvalue weighted by atomic mass is 9.90. The zero-order chi connectivity index (χ0) is 35.1. The summed E-state index contributed by atoms with van der Waals surface area (Å²) in [5, 5.41) is 8.73. The van der Waals surface area contributed by atoms with Gasteiger partial charge in [0, 0.05) is 24.7 Å². The number of carbonyl (C=O) groups excluding carboxylic acids is 1. The van der Waals surface area contributed by atoms with Gasteiger partial charge in [-0.05, 0) is 73.7 Å². The fourth-order valence-corrected chi connectivity index (χ4v) is 7.40. The van der Waals surface area contributed by atoms with Crippen LogP contribution in [-0.2, 0) is 24.6 Å². The Balaban J connectivity index is 2.41. The van der Waals surface area contributed by atoms with Gasteiger partial charge in [0.2, 0.25) is 0 Å². The standard InChI is InChI=1S/C35H55F3O6Si2/c1-33(2,3)45(7,8)43-27(24-42-26-17-15-16-25(22-26)35(36,37)38)20-21-29-28(18-13-11-12-14-19-32(40)41)30(39)23-31(29)44-46(9,10)34(4,5)6/h11,13,15-17,20-22,27-29,31H,12,14,18-19,23-24H2,1-10H3,(H,40,41)/t27-,28-,29-,31-/m1/s1. The summed E-state index contributed by atoms with van der Waals surface area (Å²) in [6, 6.07) is 4.83. The third kappa shape index (κ3) is 11.8. The fourth-order valence-electron chi connectivity index (χ4n) is 4.79. The van der Waals surface area contributed by atoms with Gasteiger partial charge in [0.1, 0.15) is 18.1 Å². The van der Waals surface area contributed by atoms with Crippen LogP contribution in [-0.4, -0.2) is 52.3 Å². The average molecular weight is 685 g/mol. The Morgan fingerprint density at radius 2 is 1.65 bits per heavy atom. The molecule has 1 aliphatic carbocycles. The predicted molar refractivity (Wildman–Crippen MR) is 182 cm³/mol. The van der Waals surface area contributed by atoms with E-state index in [4.69, 9.17) is 18.7 Å². The van der Waals surface area contributed by atoms with E-state index < -0.39 is 40.4 Å². The molecule has 0 radical (unpaired) electrons. The third-order valence-electron chi connectivity index (χ3n) is 9.66. The van der Waals surface area contributed by atoms with Crippen LogP contribution < -0.4 is 4.74 Å². The number of aliphatic carboxylic acids is 1. The number of hydrogen-bond donors (Lipinski definition) is 1. The molecule has 46 heavy (non-hydrogen) atoms. The lowest BCUT2D eigenvalue weighted by Gasteiger charge is -2.40. The molecule has 2 rings (SSSR count). The van der Waals surface area contributed by atoms with Crippen molar-refractivity contribution in [2.24, 2.45) is 11.8 Å². The highest BCUT2D eigenvalue weighted by Gasteiger charge is 2.47. The molecule has 0 spiro atoms. The summed E-state index contributed by atoms with van der Waals surface area (Å²) >= 11 is 0. The second-order valence-corrected chi connectivity index (χ2v) is 24.9. The third-order valence-corrected chi connectivity index (χ3v) is 18.7. The van der Waals surface area contributed by atoms with Crippen LogP contribution in [0.15, 0.2) is 48.6 Å². The molecule has 0 aliphatic heterocycles. The SMILES string of the molecule is CC(C)(C)[Si](C)(C)O[C@H](C=C[C@H]1[C@H](O[Si](C)(C)C(C)(C)C)CC(=O)[C@@H]1CC=CCCCC(=O)O)COc1cccc(C(F)(F)F)c1. The molecule has 1 saturated carbocycles. The number of carboxylic acid groups (broad SMARTS) is 1. The number of benzene rings is 1. The molecule has 0 unspecified atom stereocenters. The largest absolute Gasteiger partial charge is 0.491 e. The van der Waals surface area contributed by atoms with Crippen LogP contribution in [0.4, 0.5) is 13.2 Å². The van der Waals surface area contributed by atoms with Gasteiger partial charge in [-0.15, -0.1) is 0 Å². The maximum Gasteiger partial charge on any atom is 0.416 e. The second kappa shape index (κ2) is 15.8. The molecular formula is C35H55F3O6Si2. The number of hydrogen-bond acceptors (Lipinski definition) is 5. The molecular weight excluding hydrogens is 630 g/mol. The van der Waals surface area contributed by atoms with Gasteiger partial charge in [-0.1, -0.05) is 71.9 Å². The van der Waals surface area contributed by atoms with E-state index >= 15 is 0 Å². The van der Waals surface area contributed by atoms with Crippen LogP contribution in [0.1, 0.15) is 79.2 Å². The van der Waals surface area contributed by atoms with E-state index in [2.05, 4.69) is 67.7 Å². The van der Waals surface area contributed by atoms with E-state index in [0.717, 1.165) is 12.1 Å². The first-order chi connectivity index (χ1) is 20.9. The highest BCUT2D eigenvalue weighted by molar-refractivity contribution is 6.74. The maximum atomic E-state index is 13.4. The van der Waals surface area contributed by atoms with Crippen molar-refractivity contribution in [1.29, 1.82) is 0 Å². The van der Waals surface area contributed by atoms with Crippen LogP contribution in [0.25, 0.3) is 0 Å². The molecule has 6 nitrogen and oxygen atoms in total. The van der Waals surface area contributed by atoms with Gasteiger partial charge in [0.15, 0.2) is 16.6 Å². The van der Waals surface area contributed by atoms with E-state index in [1.165, 1.54) is 12.1 Å². The number of alkyl halides is 3. The molecule has 4 atom stereocenters. The summed E-state index contributed by atoms with van der Waals surface area (Å²) in [5.41, 5.74) is -0.781. The van der Waals surface area contributed by atoms with Gasteiger partial charge >= 0.3 is 12.1 Å². The zero-order valence-electron chi connectivity index (χ0n) is 29.3. The van der Waals surface area contributed by atoms with Gasteiger partial charge in [-0.3, -0.25) is 9.59 Å². The zero-order valence-corrected chi connectivity index (χ0v) is 31.3. The minimum atomic E-state index is -4.48. The van der Waals surface area contributed by atoms with Crippen molar-refractivity contribution in [1.82, 2.24) is 0 Å². The summed E-state index contributed by atoms with van der Waals surface area (Å²) in [7, 11) is -4.56. The first-order valence-electron chi connectivity index (χ1n) is 16.2. The smallest absolute Gasteiger partial charge is 0.416 e. The number of rotatable bonds is 15. The molecule has 0 heterocycles. The molecule has 1 aliphatic rings. The van der Waals surface area contributed by atoms with Gasteiger partial charge in [-0.2, -0.15) is 13.2 Å². The molecule has 0 bridgehead atoms. The van der Waals surface area contributed by atoms with Gasteiger partial charge < -0.3 is 18.7 Å². The van der Waals surface area contributed by atoms with Gasteiger partial charge in [-0.25, -0.2) is 0 Å². The van der Waals surface area contributed by atoms with Crippen molar-refractivity contribution in [3.8, 4) is 5.75 Å². The lowest BCUT2D eigenvalue weighted by molar-refractivity contribution is -0.138. The number of unbranched alkanes of at least 4 members (excludes halogenated alkanes) is 1. The minimum Gasteiger partial charge on any atom is -0.491 e. The van der Waals surface area contributed by atoms with Crippen LogP contribution >= 0.6 is 0 Å². The molecule has 1 aromatic rings. The Kier molecular flexibility index (Phi) is 13.7. The Morgan fingerprint density at radius 3 is 2.22 bits per heavy atom. The molecule has 11 heteroatoms. The number of halogens is 3. The van der Waals surface area contributed by atoms with Crippen molar-refractivity contribution >= 4 is 28.4 Å². The predicted octanol–water partition coefficient (Wildman–Crippen LogP) is 9.83. The topological polar surface area (TPSA) is 82.1 Å². The Hall–Kier alpha value is -2.22. The van der Waals surface area contributed by atoms with E-state index in [9.17, 15) is 22.8 Å². The summed E-state index contributed by atoms with van der Waals surface area (Å²) < 4.78 is 59.4. The number of ether oxygens (including phenoxy) is 1. The van der Waals surface area contributed by atoms with Crippen LogP contribution in [0, 0.1) is 11.8 Å². The molecule has 0 aromatic heterocycles. The van der Waals surface area contributed by atoms with E-state index in [1.807, 2.05) is 24.3 Å². The van der Waals surface area contributed by atoms with Crippen molar-refractivity contribution < 1.29 is 41.5 Å². The van der Waals surface area contributed by atoms with Crippen molar-refractivity contribution in [2.45, 2.75) is 128 Å². The van der Waals surface area contributed by atoms with Gasteiger partial charge in [0.05, 0.1) is 17.8 Å². The molecule has 0 amide bonds. The maximum absolute atomic E-state index is 13.4. The van der Waals surface area contributed by atoms with E-state index in [1.54, 1.807) is 0 Å². The lowest BCUT2D eigenvalue weighted by Crippen LogP contribution is -2.45. The first-order valence-corrected chi connectivity index (χ1v) is 22.0. The Labute approximate surface area is 276 Å². The highest BCUT2D eigenvalue weighted by atomic mass is 28.4. The van der Waals surface area contributed by atoms with Crippen LogP contribution in [0.5, 0.6) is 5.75 Å². The van der Waals surface area contributed by atoms with Crippen molar-refractivity contribution in [3.63, 3.8) is 0 Å². The number of carboxylic acids is 1. The molecule has 260 valence electrons. The molecule has 1 N–H and O–H groups in total. The van der Waals surface area contributed by atoms with E-state index in [0.29, 0.717) is 25.7 Å². The molecule has 0 saturated heterocycles. The summed E-state index contributed by atoms with van der Waals surface area (Å²) in [5.74, 6) is -1.16. The normalized spacial score (nSPS) is 21.0. The molecule has 1 fully saturated rings. The molecule has 1 aromatic carbocycles. The van der Waals surface area contributed by atoms with E-state index in [-0.39, 0.29) is 52.6 Å². The number of carbonyl (C=O) groups is 2. The Morgan fingerprint density at radius 1 is 1.02 bits per heavy atom.